The topological polar surface area (TPSA) is 52.7 Å². The Labute approximate surface area is 155 Å². The maximum absolute atomic E-state index is 13.3. The van der Waals surface area contributed by atoms with Gasteiger partial charge in [-0.1, -0.05) is 0 Å². The van der Waals surface area contributed by atoms with E-state index in [0.717, 1.165) is 31.1 Å². The van der Waals surface area contributed by atoms with Gasteiger partial charge in [0.15, 0.2) is 0 Å². The number of hydrogen-bond donors (Lipinski definition) is 1. The Morgan fingerprint density at radius 3 is 2.67 bits per heavy atom. The van der Waals surface area contributed by atoms with Crippen molar-refractivity contribution in [2.75, 3.05) is 18.5 Å². The van der Waals surface area contributed by atoms with Crippen molar-refractivity contribution in [3.8, 4) is 0 Å². The second-order valence-corrected chi connectivity index (χ2v) is 6.92. The van der Waals surface area contributed by atoms with E-state index in [4.69, 9.17) is 0 Å². The molecule has 7 heteroatoms. The number of anilines is 1. The molecular formula is C20H19F2N3O2. The fraction of sp³-hybridized carbons (Fsp3) is 0.300. The number of rotatable bonds is 3. The third-order valence-electron chi connectivity index (χ3n) is 5.17. The van der Waals surface area contributed by atoms with Crippen molar-refractivity contribution in [1.29, 1.82) is 0 Å². The van der Waals surface area contributed by atoms with E-state index in [9.17, 15) is 18.4 Å². The Morgan fingerprint density at radius 1 is 1.19 bits per heavy atom. The first-order valence-corrected chi connectivity index (χ1v) is 8.85. The molecule has 0 bridgehead atoms. The highest BCUT2D eigenvalue weighted by Gasteiger charge is 2.38. The van der Waals surface area contributed by atoms with Crippen LogP contribution in [0.2, 0.25) is 0 Å². The standard InChI is InChI=1S/C20H19F2N3O2/c1-24-17-9-13(4-5-16(17)20(27)25-6-2-3-18(24)25)19(26)23-11-12-7-14(21)10-15(22)8-12/h4-5,7-10,18H,2-3,6,11H2,1H3,(H,23,26)/t18-/m1/s1. The van der Waals surface area contributed by atoms with Crippen molar-refractivity contribution in [3.05, 3.63) is 64.7 Å². The van der Waals surface area contributed by atoms with Gasteiger partial charge >= 0.3 is 0 Å². The summed E-state index contributed by atoms with van der Waals surface area (Å²) in [5, 5.41) is 2.66. The number of nitrogens with one attached hydrogen (secondary N) is 1. The van der Waals surface area contributed by atoms with Gasteiger partial charge in [-0.05, 0) is 48.7 Å². The Kier molecular flexibility index (Phi) is 4.30. The van der Waals surface area contributed by atoms with E-state index in [1.165, 1.54) is 12.1 Å². The lowest BCUT2D eigenvalue weighted by Crippen LogP contribution is -2.50. The van der Waals surface area contributed by atoms with Crippen LogP contribution in [0.1, 0.15) is 39.1 Å². The van der Waals surface area contributed by atoms with E-state index in [0.29, 0.717) is 16.7 Å². The Morgan fingerprint density at radius 2 is 1.93 bits per heavy atom. The first-order valence-electron chi connectivity index (χ1n) is 8.85. The monoisotopic (exact) mass is 371 g/mol. The highest BCUT2D eigenvalue weighted by molar-refractivity contribution is 6.04. The molecule has 0 aromatic heterocycles. The summed E-state index contributed by atoms with van der Waals surface area (Å²) in [5.41, 5.74) is 2.05. The Balaban J connectivity index is 1.54. The van der Waals surface area contributed by atoms with Gasteiger partial charge in [0, 0.05) is 31.8 Å². The smallest absolute Gasteiger partial charge is 0.257 e. The molecule has 1 atom stereocenters. The number of carbonyl (C=O) groups is 2. The summed E-state index contributed by atoms with van der Waals surface area (Å²) in [6, 6.07) is 8.11. The van der Waals surface area contributed by atoms with Crippen molar-refractivity contribution >= 4 is 17.5 Å². The van der Waals surface area contributed by atoms with Gasteiger partial charge in [0.05, 0.1) is 11.3 Å². The van der Waals surface area contributed by atoms with Crippen molar-refractivity contribution in [2.24, 2.45) is 0 Å². The van der Waals surface area contributed by atoms with E-state index in [2.05, 4.69) is 5.32 Å². The molecule has 0 saturated carbocycles. The maximum atomic E-state index is 13.3. The van der Waals surface area contributed by atoms with Crippen molar-refractivity contribution in [3.63, 3.8) is 0 Å². The number of carbonyl (C=O) groups excluding carboxylic acids is 2. The molecule has 27 heavy (non-hydrogen) atoms. The zero-order chi connectivity index (χ0) is 19.1. The molecule has 2 aliphatic heterocycles. The van der Waals surface area contributed by atoms with E-state index < -0.39 is 11.6 Å². The molecule has 2 aromatic rings. The van der Waals surface area contributed by atoms with Gasteiger partial charge in [-0.2, -0.15) is 0 Å². The molecule has 2 amide bonds. The van der Waals surface area contributed by atoms with Crippen molar-refractivity contribution < 1.29 is 18.4 Å². The van der Waals surface area contributed by atoms with Crippen LogP contribution in [0, 0.1) is 11.6 Å². The van der Waals surface area contributed by atoms with Crippen LogP contribution in [0.5, 0.6) is 0 Å². The van der Waals surface area contributed by atoms with Gasteiger partial charge in [-0.15, -0.1) is 0 Å². The van der Waals surface area contributed by atoms with Crippen LogP contribution in [-0.2, 0) is 6.54 Å². The Hall–Kier alpha value is -2.96. The van der Waals surface area contributed by atoms with Crippen LogP contribution in [0.3, 0.4) is 0 Å². The van der Waals surface area contributed by atoms with Gasteiger partial charge in [0.2, 0.25) is 0 Å². The third kappa shape index (κ3) is 3.13. The minimum absolute atomic E-state index is 0.00667. The maximum Gasteiger partial charge on any atom is 0.257 e. The molecule has 2 aromatic carbocycles. The summed E-state index contributed by atoms with van der Waals surface area (Å²) >= 11 is 0. The minimum atomic E-state index is -0.686. The summed E-state index contributed by atoms with van der Waals surface area (Å²) in [4.78, 5) is 29.0. The van der Waals surface area contributed by atoms with Crippen LogP contribution in [-0.4, -0.2) is 36.5 Å². The SMILES string of the molecule is CN1c2cc(C(=O)NCc3cc(F)cc(F)c3)ccc2C(=O)N2CCC[C@@H]21. The lowest BCUT2D eigenvalue weighted by atomic mass is 10.0. The fourth-order valence-electron chi connectivity index (χ4n) is 3.85. The normalized spacial score (nSPS) is 18.3. The zero-order valence-electron chi connectivity index (χ0n) is 14.8. The molecule has 1 saturated heterocycles. The van der Waals surface area contributed by atoms with Gasteiger partial charge < -0.3 is 15.1 Å². The van der Waals surface area contributed by atoms with Crippen LogP contribution in [0.15, 0.2) is 36.4 Å². The van der Waals surface area contributed by atoms with Gasteiger partial charge in [-0.3, -0.25) is 9.59 Å². The summed E-state index contributed by atoms with van der Waals surface area (Å²) in [5.74, 6) is -1.74. The van der Waals surface area contributed by atoms with Gasteiger partial charge in [0.25, 0.3) is 11.8 Å². The minimum Gasteiger partial charge on any atom is -0.354 e. The summed E-state index contributed by atoms with van der Waals surface area (Å²) in [6.45, 7) is 0.759. The highest BCUT2D eigenvalue weighted by atomic mass is 19.1. The fourth-order valence-corrected chi connectivity index (χ4v) is 3.85. The van der Waals surface area contributed by atoms with Crippen LogP contribution in [0.25, 0.3) is 0 Å². The first kappa shape index (κ1) is 17.5. The van der Waals surface area contributed by atoms with Gasteiger partial charge in [0.1, 0.15) is 17.8 Å². The summed E-state index contributed by atoms with van der Waals surface area (Å²) in [7, 11) is 1.92. The van der Waals surface area contributed by atoms with E-state index in [1.54, 1.807) is 18.2 Å². The highest BCUT2D eigenvalue weighted by Crippen LogP contribution is 2.35. The molecule has 4 rings (SSSR count). The predicted molar refractivity (Wildman–Crippen MR) is 96.4 cm³/mol. The molecule has 0 spiro atoms. The number of hydrogen-bond acceptors (Lipinski definition) is 3. The van der Waals surface area contributed by atoms with E-state index in [-0.39, 0.29) is 24.5 Å². The van der Waals surface area contributed by atoms with E-state index in [1.807, 2.05) is 16.8 Å². The molecule has 1 fully saturated rings. The lowest BCUT2D eigenvalue weighted by Gasteiger charge is -2.40. The second kappa shape index (κ2) is 6.64. The van der Waals surface area contributed by atoms with Crippen molar-refractivity contribution in [1.82, 2.24) is 10.2 Å². The molecule has 0 radical (unpaired) electrons. The number of nitrogens with zero attached hydrogens (tertiary/aromatic N) is 2. The molecular weight excluding hydrogens is 352 g/mol. The Bertz CT molecular complexity index is 911. The van der Waals surface area contributed by atoms with Crippen LogP contribution < -0.4 is 10.2 Å². The molecule has 0 unspecified atom stereocenters. The van der Waals surface area contributed by atoms with Crippen LogP contribution >= 0.6 is 0 Å². The summed E-state index contributed by atoms with van der Waals surface area (Å²) in [6.07, 6.45) is 1.90. The number of benzene rings is 2. The molecule has 2 heterocycles. The summed E-state index contributed by atoms with van der Waals surface area (Å²) < 4.78 is 26.5. The number of halogens is 2. The second-order valence-electron chi connectivity index (χ2n) is 6.92. The molecule has 140 valence electrons. The molecule has 5 nitrogen and oxygen atoms in total. The number of fused-ring (bicyclic) bond motifs is 2. The molecule has 2 aliphatic rings. The molecule has 0 aliphatic carbocycles. The third-order valence-corrected chi connectivity index (χ3v) is 5.17. The zero-order valence-corrected chi connectivity index (χ0v) is 14.8. The average molecular weight is 371 g/mol. The van der Waals surface area contributed by atoms with Crippen molar-refractivity contribution in [2.45, 2.75) is 25.6 Å². The first-order chi connectivity index (χ1) is 12.9. The van der Waals surface area contributed by atoms with E-state index >= 15 is 0 Å². The largest absolute Gasteiger partial charge is 0.354 e. The average Bonchev–Trinajstić information content (AvgIpc) is 3.13. The van der Waals surface area contributed by atoms with Crippen LogP contribution in [0.4, 0.5) is 14.5 Å². The lowest BCUT2D eigenvalue weighted by molar-refractivity contribution is 0.0719. The van der Waals surface area contributed by atoms with Gasteiger partial charge in [-0.25, -0.2) is 8.78 Å². The molecule has 1 N–H and O–H groups in total. The quantitative estimate of drug-likeness (QED) is 0.903. The number of amides is 2. The predicted octanol–water partition coefficient (Wildman–Crippen LogP) is 2.91.